The predicted octanol–water partition coefficient (Wildman–Crippen LogP) is 6.80. The molecule has 0 unspecified atom stereocenters. The Morgan fingerprint density at radius 3 is 0.941 bits per heavy atom. The summed E-state index contributed by atoms with van der Waals surface area (Å²) in [4.78, 5) is 2.50. The largest absolute Gasteiger partial charge is 0.241 e. The van der Waals surface area contributed by atoms with E-state index in [1.54, 1.807) is 0 Å². The van der Waals surface area contributed by atoms with Crippen molar-refractivity contribution in [2.75, 3.05) is 0 Å². The number of nitrogens with zero attached hydrogens (tertiary/aromatic N) is 1. The second-order valence-corrected chi connectivity index (χ2v) is 6.17. The molecule has 180 valence electrons. The van der Waals surface area contributed by atoms with Crippen molar-refractivity contribution in [1.29, 1.82) is 0 Å². The van der Waals surface area contributed by atoms with Crippen LogP contribution in [0.2, 0.25) is 0 Å². The fourth-order valence-electron chi connectivity index (χ4n) is 2.63. The zero-order valence-electron chi connectivity index (χ0n) is 15.3. The number of hydrogen-bond acceptors (Lipinski definition) is 1. The summed E-state index contributed by atoms with van der Waals surface area (Å²) in [5, 5.41) is 0. The number of aliphatic imine (C=N–C) groups is 1. The van der Waals surface area contributed by atoms with Crippen LogP contribution in [0.3, 0.4) is 0 Å². The summed E-state index contributed by atoms with van der Waals surface area (Å²) in [5.41, 5.74) is -9.87. The molecule has 0 spiro atoms. The van der Waals surface area contributed by atoms with Crippen LogP contribution in [-0.2, 0) is 0 Å². The van der Waals surface area contributed by atoms with Crippen LogP contribution >= 0.6 is 0 Å². The zero-order valence-corrected chi connectivity index (χ0v) is 15.3. The fourth-order valence-corrected chi connectivity index (χ4v) is 2.63. The molecule has 0 aliphatic heterocycles. The monoisotopic (exact) mass is 509 g/mol. The van der Waals surface area contributed by atoms with Crippen molar-refractivity contribution >= 4 is 11.4 Å². The maximum absolute atomic E-state index is 14.3. The first-order chi connectivity index (χ1) is 15.7. The van der Waals surface area contributed by atoms with Gasteiger partial charge in [0.15, 0.2) is 69.8 Å². The van der Waals surface area contributed by atoms with E-state index < -0.39 is 110 Å². The highest BCUT2D eigenvalue weighted by Gasteiger charge is 2.36. The van der Waals surface area contributed by atoms with Crippen LogP contribution in [0.1, 0.15) is 11.1 Å². The molecular formula is C19HF14N. The summed E-state index contributed by atoms with van der Waals surface area (Å²) >= 11 is 0. The van der Waals surface area contributed by atoms with E-state index in [1.165, 1.54) is 0 Å². The second kappa shape index (κ2) is 8.61. The smallest absolute Gasteiger partial charge is 0.200 e. The summed E-state index contributed by atoms with van der Waals surface area (Å²) in [6.45, 7) is 0. The zero-order chi connectivity index (χ0) is 25.8. The molecule has 34 heavy (non-hydrogen) atoms. The van der Waals surface area contributed by atoms with Crippen molar-refractivity contribution in [1.82, 2.24) is 0 Å². The van der Waals surface area contributed by atoms with Crippen LogP contribution in [-0.4, -0.2) is 5.71 Å². The van der Waals surface area contributed by atoms with Crippen LogP contribution in [0.25, 0.3) is 0 Å². The Morgan fingerprint density at radius 1 is 0.382 bits per heavy atom. The first-order valence-electron chi connectivity index (χ1n) is 8.17. The lowest BCUT2D eigenvalue weighted by molar-refractivity contribution is 0.373. The van der Waals surface area contributed by atoms with Gasteiger partial charge in [0.1, 0.15) is 5.69 Å². The van der Waals surface area contributed by atoms with Gasteiger partial charge in [0.25, 0.3) is 0 Å². The molecular weight excluding hydrogens is 508 g/mol. The Morgan fingerprint density at radius 2 is 0.647 bits per heavy atom. The van der Waals surface area contributed by atoms with Crippen LogP contribution in [0, 0.1) is 81.4 Å². The maximum Gasteiger partial charge on any atom is 0.200 e. The molecule has 0 fully saturated rings. The van der Waals surface area contributed by atoms with Gasteiger partial charge in [0.2, 0.25) is 11.6 Å². The molecule has 0 saturated carbocycles. The third-order valence-corrected chi connectivity index (χ3v) is 4.21. The molecule has 15 heteroatoms. The molecule has 0 bridgehead atoms. The van der Waals surface area contributed by atoms with Crippen molar-refractivity contribution in [3.05, 3.63) is 98.6 Å². The van der Waals surface area contributed by atoms with Crippen LogP contribution < -0.4 is 0 Å². The van der Waals surface area contributed by atoms with Gasteiger partial charge in [0.05, 0.1) is 16.8 Å². The molecule has 0 atom stereocenters. The van der Waals surface area contributed by atoms with E-state index in [2.05, 4.69) is 4.99 Å². The Labute approximate surface area is 177 Å². The van der Waals surface area contributed by atoms with Crippen molar-refractivity contribution in [2.45, 2.75) is 0 Å². The lowest BCUT2D eigenvalue weighted by Crippen LogP contribution is -2.20. The molecule has 0 heterocycles. The van der Waals surface area contributed by atoms with Crippen LogP contribution in [0.4, 0.5) is 67.2 Å². The number of halogens is 14. The van der Waals surface area contributed by atoms with E-state index in [9.17, 15) is 61.5 Å². The number of rotatable bonds is 3. The molecule has 0 N–H and O–H groups in total. The maximum atomic E-state index is 14.3. The Bertz CT molecular complexity index is 1240. The SMILES string of the molecule is Fc1cc(F)c(F)c(N=C(c2c(F)c(F)c(F)c(F)c2F)c2c(F)c(F)c(F)c(F)c2F)c1F. The van der Waals surface area contributed by atoms with Crippen molar-refractivity contribution in [3.8, 4) is 0 Å². The quantitative estimate of drug-likeness (QED) is 0.159. The molecule has 0 aromatic heterocycles. The molecule has 1 nitrogen and oxygen atoms in total. The minimum absolute atomic E-state index is 0.430. The standard InChI is InChI=1S/C19HF14N/c20-2-1-3(21)7(23)19(6(2)22)34-18(4-8(24)12(28)16(32)13(29)9(4)25)5-10(26)14(30)17(33)15(31)11(5)27/h1H. The van der Waals surface area contributed by atoms with Crippen molar-refractivity contribution < 1.29 is 61.5 Å². The predicted molar refractivity (Wildman–Crippen MR) is 84.0 cm³/mol. The van der Waals surface area contributed by atoms with Crippen molar-refractivity contribution in [2.24, 2.45) is 4.99 Å². The molecule has 0 aliphatic rings. The minimum Gasteiger partial charge on any atom is -0.241 e. The van der Waals surface area contributed by atoms with E-state index in [1.807, 2.05) is 0 Å². The molecule has 0 saturated heterocycles. The first-order valence-corrected chi connectivity index (χ1v) is 8.17. The van der Waals surface area contributed by atoms with Gasteiger partial charge in [-0.3, -0.25) is 0 Å². The number of hydrogen-bond donors (Lipinski definition) is 0. The summed E-state index contributed by atoms with van der Waals surface area (Å²) in [6, 6.07) is -0.430. The third-order valence-electron chi connectivity index (χ3n) is 4.21. The topological polar surface area (TPSA) is 12.4 Å². The summed E-state index contributed by atoms with van der Waals surface area (Å²) in [5.74, 6) is -38.7. The van der Waals surface area contributed by atoms with Gasteiger partial charge in [-0.05, 0) is 0 Å². The number of benzene rings is 3. The van der Waals surface area contributed by atoms with E-state index in [0.717, 1.165) is 0 Å². The Kier molecular flexibility index (Phi) is 6.32. The summed E-state index contributed by atoms with van der Waals surface area (Å²) < 4.78 is 193. The molecule has 3 aromatic rings. The normalized spacial score (nSPS) is 11.2. The molecule has 0 amide bonds. The summed E-state index contributed by atoms with van der Waals surface area (Å²) in [7, 11) is 0. The lowest BCUT2D eigenvalue weighted by Gasteiger charge is -2.15. The van der Waals surface area contributed by atoms with E-state index >= 15 is 0 Å². The van der Waals surface area contributed by atoms with E-state index in [4.69, 9.17) is 0 Å². The molecule has 0 radical (unpaired) electrons. The van der Waals surface area contributed by atoms with Gasteiger partial charge in [0, 0.05) is 6.07 Å². The fraction of sp³-hybridized carbons (Fsp3) is 0. The average Bonchev–Trinajstić information content (AvgIpc) is 2.80. The summed E-state index contributed by atoms with van der Waals surface area (Å²) in [6.07, 6.45) is 0. The molecule has 0 aliphatic carbocycles. The minimum atomic E-state index is -2.92. The van der Waals surface area contributed by atoms with Gasteiger partial charge in [-0.2, -0.15) is 0 Å². The lowest BCUT2D eigenvalue weighted by atomic mass is 9.98. The van der Waals surface area contributed by atoms with Crippen LogP contribution in [0.5, 0.6) is 0 Å². The second-order valence-electron chi connectivity index (χ2n) is 6.17. The van der Waals surface area contributed by atoms with Crippen molar-refractivity contribution in [3.63, 3.8) is 0 Å². The highest BCUT2D eigenvalue weighted by atomic mass is 19.2. The molecule has 3 aromatic carbocycles. The highest BCUT2D eigenvalue weighted by Crippen LogP contribution is 2.34. The van der Waals surface area contributed by atoms with Gasteiger partial charge in [-0.1, -0.05) is 0 Å². The Balaban J connectivity index is 2.63. The average molecular weight is 509 g/mol. The van der Waals surface area contributed by atoms with Gasteiger partial charge in [-0.15, -0.1) is 0 Å². The van der Waals surface area contributed by atoms with Gasteiger partial charge < -0.3 is 0 Å². The third kappa shape index (κ3) is 3.64. The first kappa shape index (κ1) is 25.0. The van der Waals surface area contributed by atoms with E-state index in [-0.39, 0.29) is 0 Å². The van der Waals surface area contributed by atoms with Gasteiger partial charge >= 0.3 is 0 Å². The molecule has 3 rings (SSSR count). The van der Waals surface area contributed by atoms with Crippen LogP contribution in [0.15, 0.2) is 11.1 Å². The van der Waals surface area contributed by atoms with Gasteiger partial charge in [-0.25, -0.2) is 66.5 Å². The Hall–Kier alpha value is -3.65. The van der Waals surface area contributed by atoms with E-state index in [0.29, 0.717) is 0 Å². The highest BCUT2D eigenvalue weighted by molar-refractivity contribution is 6.14.